The highest BCUT2D eigenvalue weighted by molar-refractivity contribution is 8.24. The molecule has 3 rings (SSSR count). The Labute approximate surface area is 172 Å². The van der Waals surface area contributed by atoms with Crippen molar-refractivity contribution in [2.24, 2.45) is 0 Å². The number of urea groups is 1. The van der Waals surface area contributed by atoms with Gasteiger partial charge in [-0.25, -0.2) is 9.59 Å². The average molecular weight is 427 g/mol. The maximum atomic E-state index is 12.3. The predicted molar refractivity (Wildman–Crippen MR) is 114 cm³/mol. The van der Waals surface area contributed by atoms with Gasteiger partial charge in [0.1, 0.15) is 0 Å². The summed E-state index contributed by atoms with van der Waals surface area (Å²) in [5.41, 5.74) is 1.78. The maximum Gasteiger partial charge on any atom is 0.407 e. The molecular formula is C19H30N4O5S. The van der Waals surface area contributed by atoms with E-state index in [1.165, 1.54) is 4.90 Å². The quantitative estimate of drug-likeness (QED) is 0.591. The minimum Gasteiger partial charge on any atom is -0.465 e. The number of rotatable bonds is 3. The molecule has 2 saturated heterocycles. The summed E-state index contributed by atoms with van der Waals surface area (Å²) >= 11 is 0. The van der Waals surface area contributed by atoms with E-state index in [1.54, 1.807) is 4.90 Å². The second-order valence-electron chi connectivity index (χ2n) is 7.91. The molecule has 3 amide bonds. The van der Waals surface area contributed by atoms with Crippen molar-refractivity contribution < 1.29 is 23.8 Å². The van der Waals surface area contributed by atoms with Crippen LogP contribution in [0.25, 0.3) is 0 Å². The minimum absolute atomic E-state index is 0.0576. The molecule has 1 aromatic carbocycles. The van der Waals surface area contributed by atoms with Crippen LogP contribution >= 0.6 is 10.6 Å². The molecule has 2 heterocycles. The van der Waals surface area contributed by atoms with Crippen LogP contribution in [0, 0.1) is 0 Å². The van der Waals surface area contributed by atoms with Gasteiger partial charge in [0.2, 0.25) is 0 Å². The van der Waals surface area contributed by atoms with E-state index in [9.17, 15) is 23.8 Å². The van der Waals surface area contributed by atoms with Gasteiger partial charge in [-0.1, -0.05) is 12.1 Å². The number of nitrogens with one attached hydrogen (secondary N) is 1. The van der Waals surface area contributed by atoms with Crippen LogP contribution in [0.1, 0.15) is 19.4 Å². The SMILES string of the molecule is C[C@@H]1CN(Cc2ccc(NC(=O)N3CCS(O)(O)CC3)cc2)C[C@H](C)N1C(=O)O. The first-order valence-corrected chi connectivity index (χ1v) is 11.7. The van der Waals surface area contributed by atoms with Crippen molar-refractivity contribution in [2.75, 3.05) is 43.0 Å². The summed E-state index contributed by atoms with van der Waals surface area (Å²) in [5, 5.41) is 12.2. The Kier molecular flexibility index (Phi) is 6.57. The third-order valence-corrected chi connectivity index (χ3v) is 7.16. The lowest BCUT2D eigenvalue weighted by Gasteiger charge is -2.42. The van der Waals surface area contributed by atoms with Crippen LogP contribution < -0.4 is 5.32 Å². The number of hydrogen-bond donors (Lipinski definition) is 4. The Bertz CT molecular complexity index is 723. The van der Waals surface area contributed by atoms with Crippen molar-refractivity contribution in [3.8, 4) is 0 Å². The highest BCUT2D eigenvalue weighted by Gasteiger charge is 2.32. The monoisotopic (exact) mass is 426 g/mol. The van der Waals surface area contributed by atoms with E-state index in [0.29, 0.717) is 31.9 Å². The molecule has 4 N–H and O–H groups in total. The Hall–Kier alpha value is -2.01. The second-order valence-corrected chi connectivity index (χ2v) is 10.3. The fraction of sp³-hybridized carbons (Fsp3) is 0.579. The Morgan fingerprint density at radius 2 is 1.62 bits per heavy atom. The van der Waals surface area contributed by atoms with Gasteiger partial charge in [-0.2, -0.15) is 10.6 Å². The molecule has 0 bridgehead atoms. The van der Waals surface area contributed by atoms with Crippen LogP contribution in [-0.2, 0) is 6.54 Å². The van der Waals surface area contributed by atoms with Gasteiger partial charge < -0.3 is 20.2 Å². The van der Waals surface area contributed by atoms with Gasteiger partial charge >= 0.3 is 12.1 Å². The molecule has 2 fully saturated rings. The Morgan fingerprint density at radius 3 is 2.14 bits per heavy atom. The van der Waals surface area contributed by atoms with Crippen molar-refractivity contribution in [1.29, 1.82) is 0 Å². The number of carbonyl (C=O) groups excluding carboxylic acids is 1. The lowest BCUT2D eigenvalue weighted by molar-refractivity contribution is 0.0381. The molecule has 0 unspecified atom stereocenters. The lowest BCUT2D eigenvalue weighted by atomic mass is 10.1. The molecular weight excluding hydrogens is 396 g/mol. The Balaban J connectivity index is 1.52. The third kappa shape index (κ3) is 5.53. The predicted octanol–water partition coefficient (Wildman–Crippen LogP) is 2.86. The molecule has 0 spiro atoms. The van der Waals surface area contributed by atoms with E-state index in [4.69, 9.17) is 0 Å². The molecule has 10 heteroatoms. The molecule has 2 aliphatic rings. The highest BCUT2D eigenvalue weighted by Crippen LogP contribution is 2.40. The fourth-order valence-corrected chi connectivity index (χ4v) is 5.25. The zero-order valence-corrected chi connectivity index (χ0v) is 17.6. The molecule has 0 aromatic heterocycles. The summed E-state index contributed by atoms with van der Waals surface area (Å²) in [6.07, 6.45) is -0.872. The zero-order valence-electron chi connectivity index (χ0n) is 16.8. The summed E-state index contributed by atoms with van der Waals surface area (Å²) in [5.74, 6) is 0.455. The molecule has 9 nitrogen and oxygen atoms in total. The summed E-state index contributed by atoms with van der Waals surface area (Å²) in [6, 6.07) is 7.27. The van der Waals surface area contributed by atoms with Gasteiger partial charge in [0, 0.05) is 50.5 Å². The van der Waals surface area contributed by atoms with Crippen molar-refractivity contribution >= 4 is 28.4 Å². The van der Waals surface area contributed by atoms with Gasteiger partial charge in [0.25, 0.3) is 0 Å². The van der Waals surface area contributed by atoms with Gasteiger partial charge in [-0.15, -0.1) is 0 Å². The first kappa shape index (κ1) is 21.7. The standard InChI is InChI=1S/C19H30N4O5S/c1-14-11-21(12-15(2)23(14)19(25)26)13-16-3-5-17(6-4-16)20-18(24)22-7-9-29(27,28)10-8-22/h3-6,14-15,27-28H,7-13H2,1-2H3,(H,20,24)(H,25,26)/t14-,15+. The van der Waals surface area contributed by atoms with E-state index in [2.05, 4.69) is 10.2 Å². The third-order valence-electron chi connectivity index (χ3n) is 5.49. The number of hydrogen-bond acceptors (Lipinski definition) is 5. The second kappa shape index (κ2) is 8.78. The van der Waals surface area contributed by atoms with Crippen LogP contribution in [0.15, 0.2) is 24.3 Å². The average Bonchev–Trinajstić information content (AvgIpc) is 2.62. The van der Waals surface area contributed by atoms with Crippen molar-refractivity contribution in [3.63, 3.8) is 0 Å². The maximum absolute atomic E-state index is 12.3. The van der Waals surface area contributed by atoms with E-state index < -0.39 is 16.7 Å². The van der Waals surface area contributed by atoms with Crippen molar-refractivity contribution in [3.05, 3.63) is 29.8 Å². The van der Waals surface area contributed by atoms with E-state index in [0.717, 1.165) is 12.1 Å². The first-order valence-electron chi connectivity index (χ1n) is 9.77. The van der Waals surface area contributed by atoms with E-state index >= 15 is 0 Å². The molecule has 2 aliphatic heterocycles. The van der Waals surface area contributed by atoms with Gasteiger partial charge in [0.05, 0.1) is 11.5 Å². The molecule has 1 aromatic rings. The number of carboxylic acid groups (broad SMARTS) is 1. The first-order chi connectivity index (χ1) is 13.6. The molecule has 0 saturated carbocycles. The largest absolute Gasteiger partial charge is 0.465 e. The lowest BCUT2D eigenvalue weighted by Crippen LogP contribution is -2.57. The van der Waals surface area contributed by atoms with Crippen molar-refractivity contribution in [1.82, 2.24) is 14.7 Å². The van der Waals surface area contributed by atoms with Crippen LogP contribution in [0.4, 0.5) is 15.3 Å². The fourth-order valence-electron chi connectivity index (χ4n) is 4.02. The summed E-state index contributed by atoms with van der Waals surface area (Å²) in [4.78, 5) is 29.0. The van der Waals surface area contributed by atoms with Gasteiger partial charge in [-0.3, -0.25) is 14.0 Å². The minimum atomic E-state index is -2.52. The van der Waals surface area contributed by atoms with Crippen LogP contribution in [0.2, 0.25) is 0 Å². The number of benzene rings is 1. The molecule has 0 aliphatic carbocycles. The number of nitrogens with zero attached hydrogens (tertiary/aromatic N) is 3. The number of amides is 3. The van der Waals surface area contributed by atoms with Crippen molar-refractivity contribution in [2.45, 2.75) is 32.5 Å². The van der Waals surface area contributed by atoms with Crippen LogP contribution in [0.5, 0.6) is 0 Å². The Morgan fingerprint density at radius 1 is 1.07 bits per heavy atom. The van der Waals surface area contributed by atoms with Gasteiger partial charge in [-0.05, 0) is 31.5 Å². The number of anilines is 1. The number of piperazine rings is 1. The molecule has 0 radical (unpaired) electrons. The normalized spacial score (nSPS) is 26.1. The number of carbonyl (C=O) groups is 2. The molecule has 29 heavy (non-hydrogen) atoms. The molecule has 162 valence electrons. The van der Waals surface area contributed by atoms with E-state index in [-0.39, 0.29) is 29.6 Å². The summed E-state index contributed by atoms with van der Waals surface area (Å²) < 4.78 is 19.3. The smallest absolute Gasteiger partial charge is 0.407 e. The topological polar surface area (TPSA) is 117 Å². The van der Waals surface area contributed by atoms with E-state index in [1.807, 2.05) is 38.1 Å². The molecule has 2 atom stereocenters. The van der Waals surface area contributed by atoms with Gasteiger partial charge in [0.15, 0.2) is 0 Å². The highest BCUT2D eigenvalue weighted by atomic mass is 32.3. The van der Waals surface area contributed by atoms with Crippen LogP contribution in [0.3, 0.4) is 0 Å². The zero-order chi connectivity index (χ0) is 21.2. The summed E-state index contributed by atoms with van der Waals surface area (Å²) in [6.45, 7) is 6.62. The summed E-state index contributed by atoms with van der Waals surface area (Å²) in [7, 11) is -2.52. The van der Waals surface area contributed by atoms with Crippen LogP contribution in [-0.4, -0.2) is 90.8 Å².